The predicted octanol–water partition coefficient (Wildman–Crippen LogP) is 2.21. The van der Waals surface area contributed by atoms with Gasteiger partial charge in [0.15, 0.2) is 11.5 Å². The van der Waals surface area contributed by atoms with Gasteiger partial charge in [-0.3, -0.25) is 14.2 Å². The van der Waals surface area contributed by atoms with Crippen LogP contribution in [-0.4, -0.2) is 26.8 Å². The molecule has 1 aromatic carbocycles. The van der Waals surface area contributed by atoms with Crippen molar-refractivity contribution in [2.75, 3.05) is 12.1 Å². The van der Waals surface area contributed by atoms with Gasteiger partial charge in [0.05, 0.1) is 5.52 Å². The van der Waals surface area contributed by atoms with Gasteiger partial charge in [0.2, 0.25) is 12.7 Å². The molecule has 8 nitrogen and oxygen atoms in total. The first kappa shape index (κ1) is 16.9. The van der Waals surface area contributed by atoms with Crippen molar-refractivity contribution >= 4 is 22.6 Å². The summed E-state index contributed by atoms with van der Waals surface area (Å²) >= 11 is 0. The lowest BCUT2D eigenvalue weighted by atomic mass is 10.1. The molecule has 0 radical (unpaired) electrons. The third-order valence-electron chi connectivity index (χ3n) is 5.28. The second-order valence-electron chi connectivity index (χ2n) is 7.16. The maximum absolute atomic E-state index is 13.0. The molecule has 0 unspecified atom stereocenters. The first-order valence-electron chi connectivity index (χ1n) is 9.39. The molecule has 0 fully saturated rings. The molecule has 144 valence electrons. The molecule has 5 rings (SSSR count). The molecular formula is C20H20N4O4. The van der Waals surface area contributed by atoms with Crippen LogP contribution in [0.4, 0.5) is 5.69 Å². The van der Waals surface area contributed by atoms with Crippen LogP contribution in [0.5, 0.6) is 11.5 Å². The van der Waals surface area contributed by atoms with Gasteiger partial charge in [-0.2, -0.15) is 0 Å². The monoisotopic (exact) mass is 380 g/mol. The highest BCUT2D eigenvalue weighted by Gasteiger charge is 2.20. The molecule has 0 saturated heterocycles. The number of nitrogens with one attached hydrogen (secondary N) is 1. The summed E-state index contributed by atoms with van der Waals surface area (Å²) in [6, 6.07) is 7.13. The summed E-state index contributed by atoms with van der Waals surface area (Å²) in [5, 5.41) is 2.86. The number of fused-ring (bicyclic) bond motifs is 3. The first-order chi connectivity index (χ1) is 13.6. The van der Waals surface area contributed by atoms with Gasteiger partial charge in [0.25, 0.3) is 5.56 Å². The zero-order valence-electron chi connectivity index (χ0n) is 15.5. The van der Waals surface area contributed by atoms with Crippen LogP contribution in [0.2, 0.25) is 0 Å². The standard InChI is InChI=1S/C20H20N4O4/c1-12-8-14-19(20(26)23-7-3-2-4-17(23)22-14)24(12)10-18(25)21-13-5-6-15-16(9-13)28-11-27-15/h5-6,8-9H,2-4,7,10-11H2,1H3,(H,21,25). The van der Waals surface area contributed by atoms with E-state index in [1.165, 1.54) is 0 Å². The number of amides is 1. The molecule has 0 saturated carbocycles. The number of aryl methyl sites for hydroxylation is 2. The van der Waals surface area contributed by atoms with Crippen molar-refractivity contribution in [2.24, 2.45) is 0 Å². The van der Waals surface area contributed by atoms with Crippen LogP contribution in [0.25, 0.3) is 11.0 Å². The molecule has 8 heteroatoms. The number of hydrogen-bond acceptors (Lipinski definition) is 5. The maximum Gasteiger partial charge on any atom is 0.278 e. The molecule has 1 amide bonds. The number of benzene rings is 1. The van der Waals surface area contributed by atoms with E-state index in [0.29, 0.717) is 34.8 Å². The van der Waals surface area contributed by atoms with E-state index in [9.17, 15) is 9.59 Å². The smallest absolute Gasteiger partial charge is 0.278 e. The minimum Gasteiger partial charge on any atom is -0.454 e. The van der Waals surface area contributed by atoms with Gasteiger partial charge in [0.1, 0.15) is 17.9 Å². The van der Waals surface area contributed by atoms with E-state index in [1.807, 2.05) is 13.0 Å². The Morgan fingerprint density at radius 3 is 2.96 bits per heavy atom. The number of hydrogen-bond donors (Lipinski definition) is 1. The van der Waals surface area contributed by atoms with Crippen molar-refractivity contribution in [3.8, 4) is 11.5 Å². The predicted molar refractivity (Wildman–Crippen MR) is 103 cm³/mol. The third-order valence-corrected chi connectivity index (χ3v) is 5.28. The van der Waals surface area contributed by atoms with Gasteiger partial charge in [-0.15, -0.1) is 0 Å². The number of rotatable bonds is 3. The minimum absolute atomic E-state index is 0.0417. The Balaban J connectivity index is 1.45. The number of aromatic nitrogens is 3. The highest BCUT2D eigenvalue weighted by atomic mass is 16.7. The van der Waals surface area contributed by atoms with Crippen LogP contribution in [0.1, 0.15) is 24.4 Å². The molecule has 0 bridgehead atoms. The fourth-order valence-corrected chi connectivity index (χ4v) is 3.91. The third kappa shape index (κ3) is 2.72. The molecule has 2 aliphatic rings. The van der Waals surface area contributed by atoms with E-state index in [4.69, 9.17) is 9.47 Å². The number of anilines is 1. The first-order valence-corrected chi connectivity index (χ1v) is 9.39. The summed E-state index contributed by atoms with van der Waals surface area (Å²) in [4.78, 5) is 30.3. The van der Waals surface area contributed by atoms with E-state index in [2.05, 4.69) is 10.3 Å². The quantitative estimate of drug-likeness (QED) is 0.753. The summed E-state index contributed by atoms with van der Waals surface area (Å²) in [7, 11) is 0. The van der Waals surface area contributed by atoms with Gasteiger partial charge in [-0.25, -0.2) is 4.98 Å². The molecule has 28 heavy (non-hydrogen) atoms. The van der Waals surface area contributed by atoms with Crippen LogP contribution < -0.4 is 20.3 Å². The number of nitrogens with zero attached hydrogens (tertiary/aromatic N) is 3. The van der Waals surface area contributed by atoms with Gasteiger partial charge in [-0.1, -0.05) is 0 Å². The van der Waals surface area contributed by atoms with Crippen molar-refractivity contribution in [3.63, 3.8) is 0 Å². The molecule has 1 N–H and O–H groups in total. The SMILES string of the molecule is Cc1cc2nc3n(c(=O)c2n1CC(=O)Nc1ccc2c(c1)OCO2)CCCC3. The molecule has 0 aliphatic carbocycles. The lowest BCUT2D eigenvalue weighted by Crippen LogP contribution is -2.30. The molecule has 2 aliphatic heterocycles. The topological polar surface area (TPSA) is 87.4 Å². The molecule has 2 aromatic heterocycles. The number of carbonyl (C=O) groups is 1. The van der Waals surface area contributed by atoms with Gasteiger partial charge in [0, 0.05) is 30.4 Å². The molecule has 3 aromatic rings. The molecular weight excluding hydrogens is 360 g/mol. The Hall–Kier alpha value is -3.29. The average Bonchev–Trinajstić information content (AvgIpc) is 3.26. The van der Waals surface area contributed by atoms with Gasteiger partial charge >= 0.3 is 0 Å². The van der Waals surface area contributed by atoms with Crippen LogP contribution in [0.15, 0.2) is 29.1 Å². The van der Waals surface area contributed by atoms with E-state index in [-0.39, 0.29) is 24.8 Å². The average molecular weight is 380 g/mol. The van der Waals surface area contributed by atoms with Crippen molar-refractivity contribution in [3.05, 3.63) is 46.1 Å². The lowest BCUT2D eigenvalue weighted by molar-refractivity contribution is -0.116. The van der Waals surface area contributed by atoms with E-state index >= 15 is 0 Å². The second-order valence-corrected chi connectivity index (χ2v) is 7.16. The van der Waals surface area contributed by atoms with Gasteiger partial charge in [-0.05, 0) is 38.0 Å². The van der Waals surface area contributed by atoms with E-state index < -0.39 is 0 Å². The fourth-order valence-electron chi connectivity index (χ4n) is 3.91. The van der Waals surface area contributed by atoms with Crippen LogP contribution in [-0.2, 0) is 24.3 Å². The minimum atomic E-state index is -0.221. The summed E-state index contributed by atoms with van der Waals surface area (Å²) in [6.07, 6.45) is 2.85. The van der Waals surface area contributed by atoms with Crippen molar-refractivity contribution in [1.29, 1.82) is 0 Å². The number of carbonyl (C=O) groups excluding carboxylic acids is 1. The molecule has 0 atom stereocenters. The van der Waals surface area contributed by atoms with E-state index in [0.717, 1.165) is 30.8 Å². The largest absolute Gasteiger partial charge is 0.454 e. The normalized spacial score (nSPS) is 14.9. The number of ether oxygens (including phenoxy) is 2. The highest BCUT2D eigenvalue weighted by molar-refractivity contribution is 5.92. The van der Waals surface area contributed by atoms with Crippen LogP contribution >= 0.6 is 0 Å². The maximum atomic E-state index is 13.0. The van der Waals surface area contributed by atoms with Crippen LogP contribution in [0, 0.1) is 6.92 Å². The fraction of sp³-hybridized carbons (Fsp3) is 0.350. The van der Waals surface area contributed by atoms with Gasteiger partial charge < -0.3 is 19.4 Å². The van der Waals surface area contributed by atoms with Crippen molar-refractivity contribution < 1.29 is 14.3 Å². The van der Waals surface area contributed by atoms with Crippen molar-refractivity contribution in [1.82, 2.24) is 14.1 Å². The Kier molecular flexibility index (Phi) is 3.85. The Morgan fingerprint density at radius 2 is 2.07 bits per heavy atom. The lowest BCUT2D eigenvalue weighted by Gasteiger charge is -2.17. The summed E-state index contributed by atoms with van der Waals surface area (Å²) < 4.78 is 14.1. The Labute approximate surface area is 160 Å². The zero-order valence-corrected chi connectivity index (χ0v) is 15.5. The second kappa shape index (κ2) is 6.40. The summed E-state index contributed by atoms with van der Waals surface area (Å²) in [5.41, 5.74) is 2.54. The summed E-state index contributed by atoms with van der Waals surface area (Å²) in [5.74, 6) is 1.89. The Morgan fingerprint density at radius 1 is 1.21 bits per heavy atom. The van der Waals surface area contributed by atoms with Crippen LogP contribution in [0.3, 0.4) is 0 Å². The zero-order chi connectivity index (χ0) is 19.3. The summed E-state index contributed by atoms with van der Waals surface area (Å²) in [6.45, 7) is 2.80. The van der Waals surface area contributed by atoms with E-state index in [1.54, 1.807) is 27.3 Å². The van der Waals surface area contributed by atoms with Crippen molar-refractivity contribution in [2.45, 2.75) is 39.3 Å². The highest BCUT2D eigenvalue weighted by Crippen LogP contribution is 2.34. The Bertz CT molecular complexity index is 1160. The molecule has 0 spiro atoms. The molecule has 4 heterocycles.